The van der Waals surface area contributed by atoms with E-state index in [1.165, 1.54) is 19.3 Å². The lowest BCUT2D eigenvalue weighted by Gasteiger charge is -2.29. The quantitative estimate of drug-likeness (QED) is 0.813. The van der Waals surface area contributed by atoms with Gasteiger partial charge in [0.25, 0.3) is 5.91 Å². The van der Waals surface area contributed by atoms with E-state index >= 15 is 0 Å². The third-order valence-electron chi connectivity index (χ3n) is 5.34. The first kappa shape index (κ1) is 13.3. The van der Waals surface area contributed by atoms with E-state index < -0.39 is 0 Å². The molecule has 1 aliphatic carbocycles. The van der Waals surface area contributed by atoms with Crippen molar-refractivity contribution < 1.29 is 9.53 Å². The number of hydrogen-bond donors (Lipinski definition) is 2. The van der Waals surface area contributed by atoms with Crippen LogP contribution in [0.1, 0.15) is 32.1 Å². The molecule has 0 radical (unpaired) electrons. The summed E-state index contributed by atoms with van der Waals surface area (Å²) in [5, 5.41) is 3.05. The van der Waals surface area contributed by atoms with Crippen molar-refractivity contribution in [2.75, 3.05) is 19.8 Å². The number of aliphatic imine (C=N–C) groups is 1. The van der Waals surface area contributed by atoms with Crippen LogP contribution < -0.4 is 11.1 Å². The van der Waals surface area contributed by atoms with Gasteiger partial charge in [0.2, 0.25) is 0 Å². The molecule has 3 aliphatic heterocycles. The van der Waals surface area contributed by atoms with Crippen molar-refractivity contribution in [1.29, 1.82) is 0 Å². The molecule has 2 saturated heterocycles. The van der Waals surface area contributed by atoms with Crippen LogP contribution in [0.4, 0.5) is 0 Å². The molecule has 0 aromatic carbocycles. The monoisotopic (exact) mass is 289 g/mol. The molecule has 5 heteroatoms. The van der Waals surface area contributed by atoms with E-state index in [-0.39, 0.29) is 17.9 Å². The fourth-order valence-corrected chi connectivity index (χ4v) is 3.83. The minimum Gasteiger partial charge on any atom is -0.401 e. The smallest absolute Gasteiger partial charge is 0.255 e. The summed E-state index contributed by atoms with van der Waals surface area (Å²) in [7, 11) is 0. The molecule has 3 unspecified atom stereocenters. The largest absolute Gasteiger partial charge is 0.401 e. The second-order valence-electron chi connectivity index (χ2n) is 6.83. The highest BCUT2D eigenvalue weighted by Crippen LogP contribution is 2.37. The Bertz CT molecular complexity index is 522. The summed E-state index contributed by atoms with van der Waals surface area (Å²) in [4.78, 5) is 17.2. The van der Waals surface area contributed by atoms with Gasteiger partial charge in [-0.1, -0.05) is 12.8 Å². The summed E-state index contributed by atoms with van der Waals surface area (Å²) in [5.74, 6) is 1.36. The minimum absolute atomic E-state index is 0.0451. The van der Waals surface area contributed by atoms with Gasteiger partial charge in [0, 0.05) is 24.1 Å². The number of nitrogens with two attached hydrogens (primary N) is 1. The van der Waals surface area contributed by atoms with Crippen LogP contribution in [-0.2, 0) is 9.53 Å². The van der Waals surface area contributed by atoms with Crippen LogP contribution in [0.2, 0.25) is 0 Å². The molecule has 5 nitrogen and oxygen atoms in total. The molecule has 0 bridgehead atoms. The lowest BCUT2D eigenvalue weighted by molar-refractivity contribution is -0.118. The van der Waals surface area contributed by atoms with E-state index in [0.717, 1.165) is 36.7 Å². The lowest BCUT2D eigenvalue weighted by Crippen LogP contribution is -2.51. The van der Waals surface area contributed by atoms with E-state index in [2.05, 4.69) is 5.32 Å². The van der Waals surface area contributed by atoms with E-state index in [1.54, 1.807) is 0 Å². The Balaban J connectivity index is 1.62. The molecule has 3 heterocycles. The standard InChI is InChI=1S/C16H23N3O2/c17-14-10(4-3-9-1-2-9)5-6-18-15-11-7-21-8-12(11)19-16(20)13(14)15/h9-12H,1-8,17H2,(H,19,20). The number of nitrogens with one attached hydrogen (secondary N) is 1. The number of carbonyl (C=O) groups excluding carboxylic acids is 1. The molecule has 4 rings (SSSR count). The number of rotatable bonds is 3. The summed E-state index contributed by atoms with van der Waals surface area (Å²) >= 11 is 0. The molecule has 114 valence electrons. The first-order chi connectivity index (χ1) is 10.2. The Kier molecular flexibility index (Phi) is 3.25. The normalized spacial score (nSPS) is 35.7. The number of hydrogen-bond acceptors (Lipinski definition) is 4. The maximum atomic E-state index is 12.4. The zero-order valence-corrected chi connectivity index (χ0v) is 12.3. The number of piperidine rings is 1. The predicted octanol–water partition coefficient (Wildman–Crippen LogP) is 0.995. The van der Waals surface area contributed by atoms with Crippen LogP contribution in [0.15, 0.2) is 16.3 Å². The van der Waals surface area contributed by atoms with Gasteiger partial charge in [0.15, 0.2) is 0 Å². The van der Waals surface area contributed by atoms with Gasteiger partial charge in [-0.25, -0.2) is 0 Å². The third-order valence-corrected chi connectivity index (χ3v) is 5.34. The Labute approximate surface area is 125 Å². The van der Waals surface area contributed by atoms with Gasteiger partial charge >= 0.3 is 0 Å². The summed E-state index contributed by atoms with van der Waals surface area (Å²) in [6.45, 7) is 2.02. The Morgan fingerprint density at radius 2 is 2.10 bits per heavy atom. The summed E-state index contributed by atoms with van der Waals surface area (Å²) in [6, 6.07) is 0.0795. The van der Waals surface area contributed by atoms with E-state index in [0.29, 0.717) is 24.7 Å². The van der Waals surface area contributed by atoms with Crippen molar-refractivity contribution in [2.45, 2.75) is 38.1 Å². The van der Waals surface area contributed by atoms with Gasteiger partial charge in [-0.2, -0.15) is 0 Å². The highest BCUT2D eigenvalue weighted by atomic mass is 16.5. The molecule has 1 saturated carbocycles. The maximum Gasteiger partial charge on any atom is 0.255 e. The predicted molar refractivity (Wildman–Crippen MR) is 79.8 cm³/mol. The Hall–Kier alpha value is -1.36. The van der Waals surface area contributed by atoms with E-state index in [4.69, 9.17) is 15.5 Å². The van der Waals surface area contributed by atoms with Gasteiger partial charge < -0.3 is 15.8 Å². The van der Waals surface area contributed by atoms with Crippen molar-refractivity contribution in [1.82, 2.24) is 5.32 Å². The van der Waals surface area contributed by atoms with Crippen LogP contribution in [0.5, 0.6) is 0 Å². The van der Waals surface area contributed by atoms with Gasteiger partial charge in [-0.05, 0) is 25.2 Å². The molecule has 1 amide bonds. The van der Waals surface area contributed by atoms with Crippen LogP contribution in [-0.4, -0.2) is 37.4 Å². The third kappa shape index (κ3) is 2.37. The fraction of sp³-hybridized carbons (Fsp3) is 0.750. The van der Waals surface area contributed by atoms with Crippen molar-refractivity contribution in [3.05, 3.63) is 11.3 Å². The lowest BCUT2D eigenvalue weighted by atomic mass is 9.84. The van der Waals surface area contributed by atoms with Crippen LogP contribution in [0, 0.1) is 17.8 Å². The summed E-state index contributed by atoms with van der Waals surface area (Å²) in [6.07, 6.45) is 6.04. The van der Waals surface area contributed by atoms with Gasteiger partial charge in [0.05, 0.1) is 30.5 Å². The van der Waals surface area contributed by atoms with E-state index in [9.17, 15) is 4.79 Å². The number of nitrogens with zero attached hydrogens (tertiary/aromatic N) is 1. The van der Waals surface area contributed by atoms with E-state index in [1.807, 2.05) is 0 Å². The second kappa shape index (κ2) is 5.13. The average Bonchev–Trinajstić information content (AvgIpc) is 3.20. The van der Waals surface area contributed by atoms with Crippen molar-refractivity contribution in [2.24, 2.45) is 28.5 Å². The molecular weight excluding hydrogens is 266 g/mol. The molecule has 4 aliphatic rings. The zero-order chi connectivity index (χ0) is 14.4. The summed E-state index contributed by atoms with van der Waals surface area (Å²) in [5.41, 5.74) is 8.76. The first-order valence-electron chi connectivity index (χ1n) is 8.17. The van der Waals surface area contributed by atoms with Crippen molar-refractivity contribution in [3.63, 3.8) is 0 Å². The highest BCUT2D eigenvalue weighted by molar-refractivity contribution is 6.25. The van der Waals surface area contributed by atoms with Crippen LogP contribution in [0.3, 0.4) is 0 Å². The molecule has 0 aromatic heterocycles. The molecule has 3 atom stereocenters. The van der Waals surface area contributed by atoms with Crippen LogP contribution in [0.25, 0.3) is 0 Å². The molecule has 3 fully saturated rings. The topological polar surface area (TPSA) is 76.7 Å². The Morgan fingerprint density at radius 3 is 2.90 bits per heavy atom. The van der Waals surface area contributed by atoms with Gasteiger partial charge in [-0.3, -0.25) is 9.79 Å². The van der Waals surface area contributed by atoms with Crippen molar-refractivity contribution >= 4 is 11.6 Å². The fourth-order valence-electron chi connectivity index (χ4n) is 3.83. The number of carbonyl (C=O) groups is 1. The average molecular weight is 289 g/mol. The first-order valence-corrected chi connectivity index (χ1v) is 8.17. The number of fused-ring (bicyclic) bond motifs is 3. The van der Waals surface area contributed by atoms with Crippen molar-refractivity contribution in [3.8, 4) is 0 Å². The minimum atomic E-state index is -0.0451. The molecule has 3 N–H and O–H groups in total. The Morgan fingerprint density at radius 1 is 1.24 bits per heavy atom. The molecule has 0 aromatic rings. The maximum absolute atomic E-state index is 12.4. The zero-order valence-electron chi connectivity index (χ0n) is 12.3. The van der Waals surface area contributed by atoms with Crippen LogP contribution >= 0.6 is 0 Å². The molecule has 21 heavy (non-hydrogen) atoms. The number of ether oxygens (including phenoxy) is 1. The second-order valence-corrected chi connectivity index (χ2v) is 6.83. The van der Waals surface area contributed by atoms with Gasteiger partial charge in [-0.15, -0.1) is 0 Å². The summed E-state index contributed by atoms with van der Waals surface area (Å²) < 4.78 is 5.52. The molecule has 0 spiro atoms. The number of allylic oxidation sites excluding steroid dienone is 1. The SMILES string of the molecule is NC1=C2C(=O)NC3COCC3C2=NCCC1CCC1CC1. The molecular formula is C16H23N3O2. The van der Waals surface area contributed by atoms with Gasteiger partial charge in [0.1, 0.15) is 0 Å². The number of amides is 1. The highest BCUT2D eigenvalue weighted by Gasteiger charge is 2.43.